The molecule has 0 aliphatic carbocycles. The van der Waals surface area contributed by atoms with Crippen molar-refractivity contribution < 1.29 is 4.79 Å². The van der Waals surface area contributed by atoms with E-state index in [2.05, 4.69) is 24.9 Å². The van der Waals surface area contributed by atoms with Crippen molar-refractivity contribution in [3.8, 4) is 11.3 Å². The fourth-order valence-corrected chi connectivity index (χ4v) is 2.84. The van der Waals surface area contributed by atoms with E-state index in [1.807, 2.05) is 24.3 Å². The maximum atomic E-state index is 11.8. The molecule has 3 nitrogen and oxygen atoms in total. The third-order valence-electron chi connectivity index (χ3n) is 4.05. The highest BCUT2D eigenvalue weighted by Crippen LogP contribution is 2.33. The molecule has 0 aliphatic rings. The lowest BCUT2D eigenvalue weighted by Gasteiger charge is -2.18. The number of pyridine rings is 1. The Morgan fingerprint density at radius 1 is 1.18 bits per heavy atom. The van der Waals surface area contributed by atoms with Gasteiger partial charge in [0.1, 0.15) is 0 Å². The molecule has 0 bridgehead atoms. The van der Waals surface area contributed by atoms with Crippen LogP contribution in [-0.4, -0.2) is 10.9 Å². The summed E-state index contributed by atoms with van der Waals surface area (Å²) >= 11 is 0. The van der Waals surface area contributed by atoms with E-state index in [1.165, 1.54) is 19.3 Å². The van der Waals surface area contributed by atoms with Crippen LogP contribution in [0.2, 0.25) is 0 Å². The zero-order valence-corrected chi connectivity index (χ0v) is 13.4. The van der Waals surface area contributed by atoms with Crippen molar-refractivity contribution >= 4 is 5.91 Å². The zero-order chi connectivity index (χ0) is 15.9. The molecule has 0 saturated heterocycles. The average Bonchev–Trinajstić information content (AvgIpc) is 2.55. The summed E-state index contributed by atoms with van der Waals surface area (Å²) in [5.74, 6) is -0.0221. The first kappa shape index (κ1) is 16.2. The van der Waals surface area contributed by atoms with Crippen LogP contribution >= 0.6 is 0 Å². The second-order valence-corrected chi connectivity index (χ2v) is 5.75. The molecule has 1 aromatic heterocycles. The molecule has 1 aromatic carbocycles. The standard InChI is InChI=1S/C19H24N2O/c1-3-4-5-9-14(2)15-10-8-11-16(19(20)22)18(15)17-12-6-7-13-21-17/h6-8,10-14H,3-5,9H2,1-2H3,(H2,20,22). The highest BCUT2D eigenvalue weighted by Gasteiger charge is 2.18. The van der Waals surface area contributed by atoms with Gasteiger partial charge >= 0.3 is 0 Å². The molecule has 0 radical (unpaired) electrons. The zero-order valence-electron chi connectivity index (χ0n) is 13.4. The Hall–Kier alpha value is -2.16. The number of benzene rings is 1. The van der Waals surface area contributed by atoms with Gasteiger partial charge in [0.25, 0.3) is 0 Å². The Bertz CT molecular complexity index is 623. The molecule has 2 rings (SSSR count). The topological polar surface area (TPSA) is 56.0 Å². The Balaban J connectivity index is 2.45. The number of hydrogen-bond acceptors (Lipinski definition) is 2. The van der Waals surface area contributed by atoms with Gasteiger partial charge in [-0.15, -0.1) is 0 Å². The number of nitrogens with zero attached hydrogens (tertiary/aromatic N) is 1. The van der Waals surface area contributed by atoms with Crippen LogP contribution in [0.15, 0.2) is 42.6 Å². The van der Waals surface area contributed by atoms with E-state index in [-0.39, 0.29) is 0 Å². The lowest BCUT2D eigenvalue weighted by molar-refractivity contribution is 0.100. The lowest BCUT2D eigenvalue weighted by atomic mass is 9.87. The third kappa shape index (κ3) is 3.73. The van der Waals surface area contributed by atoms with Gasteiger partial charge in [0, 0.05) is 17.3 Å². The van der Waals surface area contributed by atoms with E-state index in [0.717, 1.165) is 23.2 Å². The van der Waals surface area contributed by atoms with Crippen molar-refractivity contribution in [3.05, 3.63) is 53.7 Å². The molecule has 22 heavy (non-hydrogen) atoms. The van der Waals surface area contributed by atoms with Crippen LogP contribution in [0.25, 0.3) is 11.3 Å². The summed E-state index contributed by atoms with van der Waals surface area (Å²) in [5.41, 5.74) is 8.99. The van der Waals surface area contributed by atoms with E-state index < -0.39 is 5.91 Å². The Kier molecular flexibility index (Phi) is 5.70. The van der Waals surface area contributed by atoms with Crippen LogP contribution in [0, 0.1) is 0 Å². The molecule has 0 fully saturated rings. The van der Waals surface area contributed by atoms with Crippen molar-refractivity contribution in [1.29, 1.82) is 0 Å². The Morgan fingerprint density at radius 2 is 2.00 bits per heavy atom. The highest BCUT2D eigenvalue weighted by molar-refractivity contribution is 6.00. The maximum absolute atomic E-state index is 11.8. The van der Waals surface area contributed by atoms with Gasteiger partial charge in [0.2, 0.25) is 5.91 Å². The molecular weight excluding hydrogens is 272 g/mol. The van der Waals surface area contributed by atoms with Gasteiger partial charge in [0.15, 0.2) is 0 Å². The minimum atomic E-state index is -0.400. The lowest BCUT2D eigenvalue weighted by Crippen LogP contribution is -2.14. The SMILES string of the molecule is CCCCCC(C)c1cccc(C(N)=O)c1-c1ccccn1. The van der Waals surface area contributed by atoms with Crippen LogP contribution in [-0.2, 0) is 0 Å². The second-order valence-electron chi connectivity index (χ2n) is 5.75. The number of hydrogen-bond donors (Lipinski definition) is 1. The molecule has 0 spiro atoms. The minimum absolute atomic E-state index is 0.378. The number of amides is 1. The van der Waals surface area contributed by atoms with Crippen molar-refractivity contribution in [3.63, 3.8) is 0 Å². The third-order valence-corrected chi connectivity index (χ3v) is 4.05. The summed E-state index contributed by atoms with van der Waals surface area (Å²) in [6.07, 6.45) is 6.49. The maximum Gasteiger partial charge on any atom is 0.249 e. The monoisotopic (exact) mass is 296 g/mol. The summed E-state index contributed by atoms with van der Waals surface area (Å²) in [6, 6.07) is 11.5. The number of unbranched alkanes of at least 4 members (excludes halogenated alkanes) is 2. The quantitative estimate of drug-likeness (QED) is 0.763. The van der Waals surface area contributed by atoms with Gasteiger partial charge in [0.05, 0.1) is 5.69 Å². The van der Waals surface area contributed by atoms with Crippen LogP contribution in [0.4, 0.5) is 0 Å². The molecule has 1 heterocycles. The number of carbonyl (C=O) groups excluding carboxylic acids is 1. The van der Waals surface area contributed by atoms with E-state index in [1.54, 1.807) is 12.3 Å². The average molecular weight is 296 g/mol. The predicted molar refractivity (Wildman–Crippen MR) is 90.7 cm³/mol. The number of rotatable bonds is 7. The number of aromatic nitrogens is 1. The molecular formula is C19H24N2O. The van der Waals surface area contributed by atoms with Crippen LogP contribution in [0.1, 0.15) is 61.4 Å². The van der Waals surface area contributed by atoms with E-state index in [9.17, 15) is 4.79 Å². The fourth-order valence-electron chi connectivity index (χ4n) is 2.84. The van der Waals surface area contributed by atoms with Crippen molar-refractivity contribution in [2.45, 2.75) is 45.4 Å². The number of carbonyl (C=O) groups is 1. The van der Waals surface area contributed by atoms with E-state index >= 15 is 0 Å². The summed E-state index contributed by atoms with van der Waals surface area (Å²) < 4.78 is 0. The number of primary amides is 1. The summed E-state index contributed by atoms with van der Waals surface area (Å²) in [7, 11) is 0. The van der Waals surface area contributed by atoms with Crippen LogP contribution in [0.5, 0.6) is 0 Å². The van der Waals surface area contributed by atoms with E-state index in [4.69, 9.17) is 5.73 Å². The summed E-state index contributed by atoms with van der Waals surface area (Å²) in [6.45, 7) is 4.42. The van der Waals surface area contributed by atoms with Crippen LogP contribution in [0.3, 0.4) is 0 Å². The first-order valence-corrected chi connectivity index (χ1v) is 7.99. The summed E-state index contributed by atoms with van der Waals surface area (Å²) in [5, 5.41) is 0. The van der Waals surface area contributed by atoms with Gasteiger partial charge in [-0.05, 0) is 36.1 Å². The molecule has 1 unspecified atom stereocenters. The largest absolute Gasteiger partial charge is 0.366 e. The Labute approximate surface area is 132 Å². The van der Waals surface area contributed by atoms with Gasteiger partial charge in [-0.1, -0.05) is 51.3 Å². The first-order valence-electron chi connectivity index (χ1n) is 7.99. The van der Waals surface area contributed by atoms with E-state index in [0.29, 0.717) is 11.5 Å². The molecule has 0 aliphatic heterocycles. The van der Waals surface area contributed by atoms with Crippen LogP contribution < -0.4 is 5.73 Å². The van der Waals surface area contributed by atoms with Gasteiger partial charge < -0.3 is 5.73 Å². The highest BCUT2D eigenvalue weighted by atomic mass is 16.1. The molecule has 1 atom stereocenters. The molecule has 2 aromatic rings. The van der Waals surface area contributed by atoms with Gasteiger partial charge in [-0.3, -0.25) is 9.78 Å². The van der Waals surface area contributed by atoms with Crippen molar-refractivity contribution in [2.24, 2.45) is 5.73 Å². The molecule has 3 heteroatoms. The molecule has 1 amide bonds. The molecule has 0 saturated carbocycles. The van der Waals surface area contributed by atoms with Crippen molar-refractivity contribution in [1.82, 2.24) is 4.98 Å². The first-order chi connectivity index (χ1) is 10.6. The van der Waals surface area contributed by atoms with Crippen molar-refractivity contribution in [2.75, 3.05) is 0 Å². The smallest absolute Gasteiger partial charge is 0.249 e. The Morgan fingerprint density at radius 3 is 2.64 bits per heavy atom. The number of nitrogens with two attached hydrogens (primary N) is 1. The van der Waals surface area contributed by atoms with Gasteiger partial charge in [-0.25, -0.2) is 0 Å². The van der Waals surface area contributed by atoms with Gasteiger partial charge in [-0.2, -0.15) is 0 Å². The normalized spacial score (nSPS) is 12.1. The second kappa shape index (κ2) is 7.74. The molecule has 2 N–H and O–H groups in total. The fraction of sp³-hybridized carbons (Fsp3) is 0.368. The molecule has 116 valence electrons. The predicted octanol–water partition coefficient (Wildman–Crippen LogP) is 4.53. The minimum Gasteiger partial charge on any atom is -0.366 e. The summed E-state index contributed by atoms with van der Waals surface area (Å²) in [4.78, 5) is 16.2.